The van der Waals surface area contributed by atoms with Crippen LogP contribution in [0.15, 0.2) is 24.3 Å². The van der Waals surface area contributed by atoms with E-state index in [1.807, 2.05) is 30.1 Å². The number of carbonyl (C=O) groups is 1. The van der Waals surface area contributed by atoms with Crippen molar-refractivity contribution in [3.63, 3.8) is 0 Å². The van der Waals surface area contributed by atoms with Crippen LogP contribution in [0, 0.1) is 0 Å². The van der Waals surface area contributed by atoms with Crippen LogP contribution in [0.25, 0.3) is 0 Å². The van der Waals surface area contributed by atoms with Crippen LogP contribution in [-0.2, 0) is 21.2 Å². The van der Waals surface area contributed by atoms with Crippen LogP contribution in [-0.4, -0.2) is 50.4 Å². The van der Waals surface area contributed by atoms with Crippen molar-refractivity contribution in [1.29, 1.82) is 0 Å². The summed E-state index contributed by atoms with van der Waals surface area (Å²) < 4.78 is 22.7. The molecular formula is C14H19ClN2O3S. The Kier molecular flexibility index (Phi) is 5.24. The fourth-order valence-corrected chi connectivity index (χ4v) is 4.32. The summed E-state index contributed by atoms with van der Waals surface area (Å²) >= 11 is 5.92. The molecular weight excluding hydrogens is 312 g/mol. The minimum Gasteiger partial charge on any atom is -0.351 e. The van der Waals surface area contributed by atoms with Crippen LogP contribution >= 0.6 is 11.6 Å². The van der Waals surface area contributed by atoms with Crippen molar-refractivity contribution in [2.75, 3.05) is 25.1 Å². The predicted octanol–water partition coefficient (Wildman–Crippen LogP) is 1.08. The Hall–Kier alpha value is -1.11. The Labute approximate surface area is 130 Å². The summed E-state index contributed by atoms with van der Waals surface area (Å²) in [7, 11) is -1.13. The molecule has 1 aromatic rings. The highest BCUT2D eigenvalue weighted by Crippen LogP contribution is 2.13. The van der Waals surface area contributed by atoms with Crippen molar-refractivity contribution in [1.82, 2.24) is 10.2 Å². The molecule has 0 aliphatic carbocycles. The second kappa shape index (κ2) is 6.77. The van der Waals surface area contributed by atoms with Crippen LogP contribution in [0.5, 0.6) is 0 Å². The number of nitrogens with one attached hydrogen (secondary N) is 1. The van der Waals surface area contributed by atoms with E-state index in [2.05, 4.69) is 5.32 Å². The third kappa shape index (κ3) is 5.30. The average molecular weight is 331 g/mol. The molecule has 0 saturated carbocycles. The zero-order valence-electron chi connectivity index (χ0n) is 11.9. The summed E-state index contributed by atoms with van der Waals surface area (Å²) in [6.45, 7) is 0.833. The van der Waals surface area contributed by atoms with Gasteiger partial charge in [-0.15, -0.1) is 0 Å². The monoisotopic (exact) mass is 330 g/mol. The van der Waals surface area contributed by atoms with Crippen LogP contribution < -0.4 is 5.32 Å². The van der Waals surface area contributed by atoms with E-state index in [1.54, 1.807) is 6.07 Å². The maximum Gasteiger partial charge on any atom is 0.234 e. The van der Waals surface area contributed by atoms with E-state index in [0.29, 0.717) is 18.0 Å². The lowest BCUT2D eigenvalue weighted by Gasteiger charge is -2.18. The Bertz CT molecular complexity index is 618. The first kappa shape index (κ1) is 16.3. The summed E-state index contributed by atoms with van der Waals surface area (Å²) in [5.41, 5.74) is 1.03. The van der Waals surface area contributed by atoms with Gasteiger partial charge in [-0.3, -0.25) is 9.69 Å². The lowest BCUT2D eigenvalue weighted by Crippen LogP contribution is -2.41. The molecule has 1 fully saturated rings. The fraction of sp³-hybridized carbons (Fsp3) is 0.500. The Morgan fingerprint density at radius 3 is 2.86 bits per heavy atom. The quantitative estimate of drug-likeness (QED) is 0.877. The van der Waals surface area contributed by atoms with Crippen molar-refractivity contribution in [2.24, 2.45) is 0 Å². The highest BCUT2D eigenvalue weighted by molar-refractivity contribution is 7.91. The highest BCUT2D eigenvalue weighted by atomic mass is 35.5. The molecule has 5 nitrogen and oxygen atoms in total. The highest BCUT2D eigenvalue weighted by Gasteiger charge is 2.28. The van der Waals surface area contributed by atoms with Gasteiger partial charge in [0.25, 0.3) is 0 Å². The number of nitrogens with zero attached hydrogens (tertiary/aromatic N) is 1. The number of hydrogen-bond donors (Lipinski definition) is 1. The van der Waals surface area contributed by atoms with E-state index in [0.717, 1.165) is 5.56 Å². The van der Waals surface area contributed by atoms with E-state index in [4.69, 9.17) is 11.6 Å². The number of rotatable bonds is 5. The first-order valence-corrected chi connectivity index (χ1v) is 8.97. The molecule has 1 aliphatic rings. The number of halogens is 1. The van der Waals surface area contributed by atoms with Gasteiger partial charge in [0.2, 0.25) is 5.91 Å². The largest absolute Gasteiger partial charge is 0.351 e. The SMILES string of the molecule is CN(CC(=O)NC1CCS(=O)(=O)C1)Cc1cccc(Cl)c1. The molecule has 1 atom stereocenters. The zero-order chi connectivity index (χ0) is 15.5. The van der Waals surface area contributed by atoms with Crippen LogP contribution in [0.2, 0.25) is 5.02 Å². The molecule has 1 saturated heterocycles. The molecule has 1 aliphatic heterocycles. The van der Waals surface area contributed by atoms with Gasteiger partial charge in [-0.25, -0.2) is 8.42 Å². The predicted molar refractivity (Wildman–Crippen MR) is 83.0 cm³/mol. The summed E-state index contributed by atoms with van der Waals surface area (Å²) in [5, 5.41) is 3.44. The summed E-state index contributed by atoms with van der Waals surface area (Å²) in [6, 6.07) is 7.23. The zero-order valence-corrected chi connectivity index (χ0v) is 13.5. The van der Waals surface area contributed by atoms with Gasteiger partial charge < -0.3 is 5.32 Å². The first-order valence-electron chi connectivity index (χ1n) is 6.77. The smallest absolute Gasteiger partial charge is 0.234 e. The lowest BCUT2D eigenvalue weighted by atomic mass is 10.2. The van der Waals surface area contributed by atoms with Crippen LogP contribution in [0.1, 0.15) is 12.0 Å². The molecule has 0 spiro atoms. The number of likely N-dealkylation sites (N-methyl/N-ethyl adjacent to an activating group) is 1. The maximum absolute atomic E-state index is 11.9. The van der Waals surface area contributed by atoms with E-state index in [9.17, 15) is 13.2 Å². The maximum atomic E-state index is 11.9. The van der Waals surface area contributed by atoms with E-state index in [-0.39, 0.29) is 30.0 Å². The summed E-state index contributed by atoms with van der Waals surface area (Å²) in [5.74, 6) is 0.0641. The number of sulfone groups is 1. The van der Waals surface area contributed by atoms with E-state index < -0.39 is 9.84 Å². The molecule has 0 aromatic heterocycles. The molecule has 1 heterocycles. The minimum atomic E-state index is -2.97. The van der Waals surface area contributed by atoms with Crippen molar-refractivity contribution in [2.45, 2.75) is 19.0 Å². The topological polar surface area (TPSA) is 66.5 Å². The summed E-state index contributed by atoms with van der Waals surface area (Å²) in [4.78, 5) is 13.8. The van der Waals surface area contributed by atoms with Gasteiger partial charge in [0.1, 0.15) is 0 Å². The number of carbonyl (C=O) groups excluding carboxylic acids is 1. The van der Waals surface area contributed by atoms with Gasteiger partial charge in [-0.1, -0.05) is 23.7 Å². The van der Waals surface area contributed by atoms with Gasteiger partial charge in [0.05, 0.1) is 18.1 Å². The first-order chi connectivity index (χ1) is 9.84. The van der Waals surface area contributed by atoms with Crippen molar-refractivity contribution < 1.29 is 13.2 Å². The van der Waals surface area contributed by atoms with E-state index >= 15 is 0 Å². The van der Waals surface area contributed by atoms with Gasteiger partial charge in [-0.05, 0) is 31.2 Å². The fourth-order valence-electron chi connectivity index (χ4n) is 2.43. The molecule has 21 heavy (non-hydrogen) atoms. The van der Waals surface area contributed by atoms with Crippen molar-refractivity contribution >= 4 is 27.3 Å². The number of hydrogen-bond acceptors (Lipinski definition) is 4. The molecule has 1 amide bonds. The Balaban J connectivity index is 1.80. The Morgan fingerprint density at radius 2 is 2.24 bits per heavy atom. The molecule has 116 valence electrons. The number of benzene rings is 1. The van der Waals surface area contributed by atoms with Gasteiger partial charge in [-0.2, -0.15) is 0 Å². The second-order valence-electron chi connectivity index (χ2n) is 5.47. The minimum absolute atomic E-state index is 0.0523. The molecule has 7 heteroatoms. The normalized spacial score (nSPS) is 20.6. The van der Waals surface area contributed by atoms with Crippen molar-refractivity contribution in [3.05, 3.63) is 34.9 Å². The third-order valence-electron chi connectivity index (χ3n) is 3.35. The molecule has 0 radical (unpaired) electrons. The van der Waals surface area contributed by atoms with Gasteiger partial charge >= 0.3 is 0 Å². The lowest BCUT2D eigenvalue weighted by molar-refractivity contribution is -0.122. The van der Waals surface area contributed by atoms with Crippen LogP contribution in [0.3, 0.4) is 0 Å². The van der Waals surface area contributed by atoms with E-state index in [1.165, 1.54) is 0 Å². The molecule has 1 N–H and O–H groups in total. The third-order valence-corrected chi connectivity index (χ3v) is 5.36. The summed E-state index contributed by atoms with van der Waals surface area (Å²) in [6.07, 6.45) is 0.506. The van der Waals surface area contributed by atoms with Gasteiger partial charge in [0, 0.05) is 17.6 Å². The molecule has 2 rings (SSSR count). The Morgan fingerprint density at radius 1 is 1.48 bits per heavy atom. The average Bonchev–Trinajstić information content (AvgIpc) is 2.67. The standard InChI is InChI=1S/C14H19ClN2O3S/c1-17(8-11-3-2-4-12(15)7-11)9-14(18)16-13-5-6-21(19,20)10-13/h2-4,7,13H,5-6,8-10H2,1H3,(H,16,18). The molecule has 0 bridgehead atoms. The molecule has 1 aromatic carbocycles. The van der Waals surface area contributed by atoms with Crippen LogP contribution in [0.4, 0.5) is 0 Å². The van der Waals surface area contributed by atoms with Crippen molar-refractivity contribution in [3.8, 4) is 0 Å². The molecule has 1 unspecified atom stereocenters. The number of amides is 1. The van der Waals surface area contributed by atoms with Gasteiger partial charge in [0.15, 0.2) is 9.84 Å². The second-order valence-corrected chi connectivity index (χ2v) is 8.13.